The molecule has 2 aromatic rings. The Balaban J connectivity index is 2.38. The largest absolute Gasteiger partial charge is 0.480 e. The molecule has 2 rings (SSSR count). The van der Waals surface area contributed by atoms with E-state index in [2.05, 4.69) is 4.98 Å². The highest BCUT2D eigenvalue weighted by Gasteiger charge is 2.05. The smallest absolute Gasteiger partial charge is 0.232 e. The molecular weight excluding hydrogens is 236 g/mol. The van der Waals surface area contributed by atoms with E-state index in [1.807, 2.05) is 30.3 Å². The molecule has 0 aliphatic carbocycles. The molecule has 0 aliphatic heterocycles. The molecule has 0 unspecified atom stereocenters. The normalized spacial score (nSPS) is 10.3. The van der Waals surface area contributed by atoms with Crippen LogP contribution in [0.2, 0.25) is 5.02 Å². The Kier molecular flexibility index (Phi) is 3.61. The summed E-state index contributed by atoms with van der Waals surface area (Å²) in [5, 5.41) is 0.509. The van der Waals surface area contributed by atoms with Crippen molar-refractivity contribution in [1.82, 2.24) is 4.98 Å². The number of hydrogen-bond donors (Lipinski definition) is 1. The second kappa shape index (κ2) is 5.17. The van der Waals surface area contributed by atoms with Crippen LogP contribution in [0, 0.1) is 0 Å². The maximum atomic E-state index is 5.93. The zero-order chi connectivity index (χ0) is 12.3. The Bertz CT molecular complexity index is 511. The van der Waals surface area contributed by atoms with Crippen LogP contribution in [0.4, 0.5) is 0 Å². The van der Waals surface area contributed by atoms with Crippen LogP contribution in [0.1, 0.15) is 5.56 Å². The molecule has 1 aromatic carbocycles. The molecule has 0 saturated heterocycles. The number of halogens is 1. The van der Waals surface area contributed by atoms with Crippen molar-refractivity contribution in [2.24, 2.45) is 5.73 Å². The van der Waals surface area contributed by atoms with Gasteiger partial charge in [-0.3, -0.25) is 0 Å². The molecule has 0 amide bonds. The summed E-state index contributed by atoms with van der Waals surface area (Å²) < 4.78 is 5.09. The maximum Gasteiger partial charge on any atom is 0.232 e. The molecule has 0 saturated carbocycles. The molecule has 4 heteroatoms. The fraction of sp³-hybridized carbons (Fsp3) is 0.154. The van der Waals surface area contributed by atoms with Gasteiger partial charge in [0, 0.05) is 12.1 Å². The first-order valence-corrected chi connectivity index (χ1v) is 5.62. The molecule has 0 aliphatic rings. The topological polar surface area (TPSA) is 48.1 Å². The number of benzene rings is 1. The van der Waals surface area contributed by atoms with E-state index in [0.717, 1.165) is 16.8 Å². The fourth-order valence-corrected chi connectivity index (χ4v) is 1.72. The molecule has 0 bridgehead atoms. The fourth-order valence-electron chi connectivity index (χ4n) is 1.54. The van der Waals surface area contributed by atoms with Crippen LogP contribution >= 0.6 is 11.6 Å². The van der Waals surface area contributed by atoms with Gasteiger partial charge in [-0.15, -0.1) is 0 Å². The Morgan fingerprint density at radius 2 is 1.88 bits per heavy atom. The SMILES string of the molecule is COc1nc(-c2ccc(CN)cc2)ccc1Cl. The standard InChI is InChI=1S/C13H13ClN2O/c1-17-13-11(14)6-7-12(16-13)10-4-2-9(8-15)3-5-10/h2-7H,8,15H2,1H3. The zero-order valence-corrected chi connectivity index (χ0v) is 10.2. The minimum absolute atomic E-state index is 0.437. The Labute approximate surface area is 105 Å². The van der Waals surface area contributed by atoms with Gasteiger partial charge in [0.25, 0.3) is 0 Å². The monoisotopic (exact) mass is 248 g/mol. The molecule has 3 nitrogen and oxygen atoms in total. The van der Waals surface area contributed by atoms with E-state index in [1.54, 1.807) is 13.2 Å². The average molecular weight is 249 g/mol. The minimum atomic E-state index is 0.437. The minimum Gasteiger partial charge on any atom is -0.480 e. The van der Waals surface area contributed by atoms with Crippen molar-refractivity contribution in [3.63, 3.8) is 0 Å². The number of ether oxygens (including phenoxy) is 1. The summed E-state index contributed by atoms with van der Waals surface area (Å²) >= 11 is 5.93. The summed E-state index contributed by atoms with van der Waals surface area (Å²) in [5.74, 6) is 0.437. The quantitative estimate of drug-likeness (QED) is 0.909. The first kappa shape index (κ1) is 11.9. The first-order valence-electron chi connectivity index (χ1n) is 5.24. The third kappa shape index (κ3) is 2.57. The Morgan fingerprint density at radius 3 is 2.47 bits per heavy atom. The highest BCUT2D eigenvalue weighted by atomic mass is 35.5. The number of hydrogen-bond acceptors (Lipinski definition) is 3. The van der Waals surface area contributed by atoms with Crippen molar-refractivity contribution in [2.75, 3.05) is 7.11 Å². The van der Waals surface area contributed by atoms with Crippen molar-refractivity contribution in [3.05, 3.63) is 47.0 Å². The van der Waals surface area contributed by atoms with Gasteiger partial charge in [-0.05, 0) is 17.7 Å². The van der Waals surface area contributed by atoms with Crippen LogP contribution < -0.4 is 10.5 Å². The van der Waals surface area contributed by atoms with E-state index in [4.69, 9.17) is 22.1 Å². The second-order valence-corrected chi connectivity index (χ2v) is 4.00. The maximum absolute atomic E-state index is 5.93. The predicted molar refractivity (Wildman–Crippen MR) is 69.1 cm³/mol. The van der Waals surface area contributed by atoms with Crippen molar-refractivity contribution in [1.29, 1.82) is 0 Å². The number of rotatable bonds is 3. The summed E-state index contributed by atoms with van der Waals surface area (Å²) in [4.78, 5) is 4.33. The van der Waals surface area contributed by atoms with Gasteiger partial charge in [0.2, 0.25) is 5.88 Å². The molecule has 1 aromatic heterocycles. The number of nitrogens with two attached hydrogens (primary N) is 1. The van der Waals surface area contributed by atoms with E-state index >= 15 is 0 Å². The van der Waals surface area contributed by atoms with Crippen LogP contribution in [-0.4, -0.2) is 12.1 Å². The lowest BCUT2D eigenvalue weighted by molar-refractivity contribution is 0.398. The van der Waals surface area contributed by atoms with Gasteiger partial charge in [-0.25, -0.2) is 4.98 Å². The molecule has 0 radical (unpaired) electrons. The first-order chi connectivity index (χ1) is 8.24. The van der Waals surface area contributed by atoms with E-state index < -0.39 is 0 Å². The van der Waals surface area contributed by atoms with Gasteiger partial charge >= 0.3 is 0 Å². The van der Waals surface area contributed by atoms with Gasteiger partial charge in [-0.1, -0.05) is 35.9 Å². The number of methoxy groups -OCH3 is 1. The van der Waals surface area contributed by atoms with Crippen molar-refractivity contribution in [3.8, 4) is 17.1 Å². The molecule has 0 fully saturated rings. The Hall–Kier alpha value is -1.58. The third-order valence-electron chi connectivity index (χ3n) is 2.49. The van der Waals surface area contributed by atoms with Crippen LogP contribution in [0.5, 0.6) is 5.88 Å². The average Bonchev–Trinajstić information content (AvgIpc) is 2.39. The highest BCUT2D eigenvalue weighted by Crippen LogP contribution is 2.26. The van der Waals surface area contributed by atoms with Crippen LogP contribution in [0.3, 0.4) is 0 Å². The van der Waals surface area contributed by atoms with E-state index in [1.165, 1.54) is 0 Å². The summed E-state index contributed by atoms with van der Waals surface area (Å²) in [6, 6.07) is 11.6. The van der Waals surface area contributed by atoms with Crippen LogP contribution in [0.25, 0.3) is 11.3 Å². The van der Waals surface area contributed by atoms with Gasteiger partial charge in [0.15, 0.2) is 0 Å². The molecule has 0 atom stereocenters. The highest BCUT2D eigenvalue weighted by molar-refractivity contribution is 6.31. The number of nitrogens with zero attached hydrogens (tertiary/aromatic N) is 1. The molecule has 0 spiro atoms. The number of pyridine rings is 1. The van der Waals surface area contributed by atoms with Crippen LogP contribution in [0.15, 0.2) is 36.4 Å². The summed E-state index contributed by atoms with van der Waals surface area (Å²) in [6.45, 7) is 0.539. The Morgan fingerprint density at radius 1 is 1.18 bits per heavy atom. The molecule has 1 heterocycles. The summed E-state index contributed by atoms with van der Waals surface area (Å²) in [7, 11) is 1.55. The molecule has 2 N–H and O–H groups in total. The van der Waals surface area contributed by atoms with Crippen molar-refractivity contribution >= 4 is 11.6 Å². The zero-order valence-electron chi connectivity index (χ0n) is 9.48. The lowest BCUT2D eigenvalue weighted by Gasteiger charge is -2.06. The van der Waals surface area contributed by atoms with E-state index in [9.17, 15) is 0 Å². The van der Waals surface area contributed by atoms with Crippen molar-refractivity contribution in [2.45, 2.75) is 6.54 Å². The van der Waals surface area contributed by atoms with Crippen molar-refractivity contribution < 1.29 is 4.74 Å². The predicted octanol–water partition coefficient (Wildman–Crippen LogP) is 2.87. The summed E-state index contributed by atoms with van der Waals surface area (Å²) in [6.07, 6.45) is 0. The lowest BCUT2D eigenvalue weighted by Crippen LogP contribution is -1.96. The summed E-state index contributed by atoms with van der Waals surface area (Å²) in [5.41, 5.74) is 8.48. The third-order valence-corrected chi connectivity index (χ3v) is 2.78. The number of aromatic nitrogens is 1. The van der Waals surface area contributed by atoms with Gasteiger partial charge in [-0.2, -0.15) is 0 Å². The van der Waals surface area contributed by atoms with Gasteiger partial charge in [0.1, 0.15) is 5.02 Å². The van der Waals surface area contributed by atoms with Gasteiger partial charge in [0.05, 0.1) is 12.8 Å². The van der Waals surface area contributed by atoms with E-state index in [-0.39, 0.29) is 0 Å². The lowest BCUT2D eigenvalue weighted by atomic mass is 10.1. The second-order valence-electron chi connectivity index (χ2n) is 3.59. The van der Waals surface area contributed by atoms with Gasteiger partial charge < -0.3 is 10.5 Å². The van der Waals surface area contributed by atoms with Crippen LogP contribution in [-0.2, 0) is 6.54 Å². The molecular formula is C13H13ClN2O. The molecule has 17 heavy (non-hydrogen) atoms. The molecule has 88 valence electrons. The van der Waals surface area contributed by atoms with E-state index in [0.29, 0.717) is 17.4 Å².